The summed E-state index contributed by atoms with van der Waals surface area (Å²) in [4.78, 5) is 8.71. The van der Waals surface area contributed by atoms with E-state index >= 15 is 0 Å². The average Bonchev–Trinajstić information content (AvgIpc) is 2.36. The Kier molecular flexibility index (Phi) is 4.24. The molecule has 1 saturated heterocycles. The summed E-state index contributed by atoms with van der Waals surface area (Å²) in [5.41, 5.74) is 5.68. The van der Waals surface area contributed by atoms with Crippen LogP contribution in [0.25, 0.3) is 0 Å². The van der Waals surface area contributed by atoms with Gasteiger partial charge in [0.15, 0.2) is 0 Å². The van der Waals surface area contributed by atoms with Gasteiger partial charge < -0.3 is 15.2 Å². The first-order valence-corrected chi connectivity index (χ1v) is 6.81. The van der Waals surface area contributed by atoms with Crippen molar-refractivity contribution in [1.29, 1.82) is 0 Å². The zero-order valence-corrected chi connectivity index (χ0v) is 12.0. The van der Waals surface area contributed by atoms with E-state index < -0.39 is 0 Å². The number of hydrogen-bond donors (Lipinski definition) is 1. The van der Waals surface area contributed by atoms with Crippen LogP contribution in [-0.4, -0.2) is 29.8 Å². The fourth-order valence-electron chi connectivity index (χ4n) is 1.97. The van der Waals surface area contributed by atoms with E-state index in [2.05, 4.69) is 30.7 Å². The molecule has 5 nitrogen and oxygen atoms in total. The number of ether oxygens (including phenoxy) is 2. The second-order valence-corrected chi connectivity index (χ2v) is 6.07. The van der Waals surface area contributed by atoms with Gasteiger partial charge in [-0.25, -0.2) is 4.98 Å². The molecule has 106 valence electrons. The summed E-state index contributed by atoms with van der Waals surface area (Å²) >= 11 is 0. The summed E-state index contributed by atoms with van der Waals surface area (Å²) in [6, 6.07) is 1.69. The van der Waals surface area contributed by atoms with Gasteiger partial charge in [-0.1, -0.05) is 20.8 Å². The van der Waals surface area contributed by atoms with Gasteiger partial charge in [0.25, 0.3) is 0 Å². The molecule has 0 saturated carbocycles. The largest absolute Gasteiger partial charge is 0.477 e. The Morgan fingerprint density at radius 3 is 2.63 bits per heavy atom. The van der Waals surface area contributed by atoms with Crippen molar-refractivity contribution in [3.05, 3.63) is 11.9 Å². The molecular weight excluding hydrogens is 242 g/mol. The summed E-state index contributed by atoms with van der Waals surface area (Å²) in [5, 5.41) is 0. The van der Waals surface area contributed by atoms with Gasteiger partial charge in [-0.2, -0.15) is 4.98 Å². The summed E-state index contributed by atoms with van der Waals surface area (Å²) in [5.74, 6) is 2.29. The van der Waals surface area contributed by atoms with Crippen LogP contribution in [0.4, 0.5) is 5.82 Å². The van der Waals surface area contributed by atoms with Crippen molar-refractivity contribution >= 4 is 5.82 Å². The van der Waals surface area contributed by atoms with Gasteiger partial charge in [-0.15, -0.1) is 0 Å². The minimum absolute atomic E-state index is 0.133. The number of nitrogens with two attached hydrogens (primary N) is 1. The van der Waals surface area contributed by atoms with Crippen molar-refractivity contribution < 1.29 is 9.47 Å². The Morgan fingerprint density at radius 2 is 2.00 bits per heavy atom. The first kappa shape index (κ1) is 14.1. The van der Waals surface area contributed by atoms with E-state index in [1.165, 1.54) is 0 Å². The van der Waals surface area contributed by atoms with Gasteiger partial charge in [-0.3, -0.25) is 0 Å². The smallest absolute Gasteiger partial charge is 0.218 e. The number of nitrogen functional groups attached to an aromatic ring is 1. The van der Waals surface area contributed by atoms with Crippen molar-refractivity contribution in [3.8, 4) is 5.88 Å². The minimum Gasteiger partial charge on any atom is -0.477 e. The Balaban J connectivity index is 2.01. The summed E-state index contributed by atoms with van der Waals surface area (Å²) in [6.07, 6.45) is 2.10. The predicted molar refractivity (Wildman–Crippen MR) is 74.2 cm³/mol. The second-order valence-electron chi connectivity index (χ2n) is 6.07. The summed E-state index contributed by atoms with van der Waals surface area (Å²) in [6.45, 7) is 8.50. The van der Waals surface area contributed by atoms with E-state index in [4.69, 9.17) is 15.2 Å². The fraction of sp³-hybridized carbons (Fsp3) is 0.714. The standard InChI is InChI=1S/C14H23N3O2/c1-14(2,3)13-16-11(15)8-12(17-13)19-9-10-4-6-18-7-5-10/h8,10H,4-7,9H2,1-3H3,(H2,15,16,17). The Labute approximate surface area is 114 Å². The SMILES string of the molecule is CC(C)(C)c1nc(N)cc(OCC2CCOCC2)n1. The molecule has 2 heterocycles. The van der Waals surface area contributed by atoms with Gasteiger partial charge in [0.2, 0.25) is 5.88 Å². The van der Waals surface area contributed by atoms with Crippen molar-refractivity contribution in [2.24, 2.45) is 5.92 Å². The molecule has 0 bridgehead atoms. The molecule has 19 heavy (non-hydrogen) atoms. The van der Waals surface area contributed by atoms with Gasteiger partial charge in [0, 0.05) is 24.7 Å². The van der Waals surface area contributed by atoms with E-state index in [0.717, 1.165) is 31.9 Å². The van der Waals surface area contributed by atoms with Gasteiger partial charge in [0.1, 0.15) is 11.6 Å². The molecule has 0 radical (unpaired) electrons. The number of anilines is 1. The predicted octanol–water partition coefficient (Wildman–Crippen LogP) is 2.16. The Morgan fingerprint density at radius 1 is 1.32 bits per heavy atom. The highest BCUT2D eigenvalue weighted by atomic mass is 16.5. The molecule has 0 aromatic carbocycles. The first-order valence-electron chi connectivity index (χ1n) is 6.81. The lowest BCUT2D eigenvalue weighted by Gasteiger charge is -2.22. The molecule has 1 aliphatic heterocycles. The van der Waals surface area contributed by atoms with E-state index in [-0.39, 0.29) is 5.41 Å². The van der Waals surface area contributed by atoms with Crippen LogP contribution in [0.5, 0.6) is 5.88 Å². The molecule has 2 N–H and O–H groups in total. The molecule has 0 atom stereocenters. The van der Waals surface area contributed by atoms with Crippen LogP contribution in [-0.2, 0) is 10.2 Å². The van der Waals surface area contributed by atoms with Crippen LogP contribution in [0.15, 0.2) is 6.07 Å². The van der Waals surface area contributed by atoms with E-state index in [0.29, 0.717) is 24.2 Å². The topological polar surface area (TPSA) is 70.3 Å². The second kappa shape index (κ2) is 5.74. The molecular formula is C14H23N3O2. The molecule has 5 heteroatoms. The molecule has 1 aromatic heterocycles. The van der Waals surface area contributed by atoms with Crippen LogP contribution < -0.4 is 10.5 Å². The maximum absolute atomic E-state index is 5.81. The van der Waals surface area contributed by atoms with Crippen LogP contribution >= 0.6 is 0 Å². The monoisotopic (exact) mass is 265 g/mol. The zero-order valence-electron chi connectivity index (χ0n) is 12.0. The lowest BCUT2D eigenvalue weighted by molar-refractivity contribution is 0.0489. The molecule has 1 aromatic rings. The Hall–Kier alpha value is -1.36. The number of nitrogens with zero attached hydrogens (tertiary/aromatic N) is 2. The van der Waals surface area contributed by atoms with E-state index in [9.17, 15) is 0 Å². The fourth-order valence-corrected chi connectivity index (χ4v) is 1.97. The summed E-state index contributed by atoms with van der Waals surface area (Å²) < 4.78 is 11.1. The molecule has 1 fully saturated rings. The van der Waals surface area contributed by atoms with Crippen LogP contribution in [0.3, 0.4) is 0 Å². The van der Waals surface area contributed by atoms with Crippen molar-refractivity contribution in [1.82, 2.24) is 9.97 Å². The lowest BCUT2D eigenvalue weighted by Crippen LogP contribution is -2.22. The normalized spacial score (nSPS) is 17.4. The quantitative estimate of drug-likeness (QED) is 0.907. The Bertz CT molecular complexity index is 423. The average molecular weight is 265 g/mol. The summed E-state index contributed by atoms with van der Waals surface area (Å²) in [7, 11) is 0. The highest BCUT2D eigenvalue weighted by molar-refractivity contribution is 5.34. The number of hydrogen-bond acceptors (Lipinski definition) is 5. The van der Waals surface area contributed by atoms with Crippen molar-refractivity contribution in [3.63, 3.8) is 0 Å². The van der Waals surface area contributed by atoms with Crippen LogP contribution in [0, 0.1) is 5.92 Å². The number of aromatic nitrogens is 2. The first-order chi connectivity index (χ1) is 8.95. The van der Waals surface area contributed by atoms with E-state index in [1.807, 2.05) is 0 Å². The zero-order chi connectivity index (χ0) is 13.9. The third kappa shape index (κ3) is 4.06. The minimum atomic E-state index is -0.133. The van der Waals surface area contributed by atoms with E-state index in [1.54, 1.807) is 6.07 Å². The molecule has 0 amide bonds. The molecule has 1 aliphatic rings. The van der Waals surface area contributed by atoms with Crippen molar-refractivity contribution in [2.75, 3.05) is 25.6 Å². The lowest BCUT2D eigenvalue weighted by atomic mass is 9.96. The molecule has 2 rings (SSSR count). The maximum atomic E-state index is 5.81. The highest BCUT2D eigenvalue weighted by Crippen LogP contribution is 2.23. The van der Waals surface area contributed by atoms with Crippen molar-refractivity contribution in [2.45, 2.75) is 39.0 Å². The van der Waals surface area contributed by atoms with Gasteiger partial charge >= 0.3 is 0 Å². The van der Waals surface area contributed by atoms with Gasteiger partial charge in [0.05, 0.1) is 6.61 Å². The molecule has 0 unspecified atom stereocenters. The molecule has 0 aliphatic carbocycles. The van der Waals surface area contributed by atoms with Crippen LogP contribution in [0.2, 0.25) is 0 Å². The van der Waals surface area contributed by atoms with Gasteiger partial charge in [-0.05, 0) is 18.8 Å². The third-order valence-corrected chi connectivity index (χ3v) is 3.20. The van der Waals surface area contributed by atoms with Crippen LogP contribution in [0.1, 0.15) is 39.4 Å². The third-order valence-electron chi connectivity index (χ3n) is 3.20. The molecule has 0 spiro atoms. The number of rotatable bonds is 3. The maximum Gasteiger partial charge on any atom is 0.218 e. The highest BCUT2D eigenvalue weighted by Gasteiger charge is 2.20.